The Hall–Kier alpha value is -2.69. The van der Waals surface area contributed by atoms with Crippen LogP contribution in [0.4, 0.5) is 11.4 Å². The fraction of sp³-hybridized carbons (Fsp3) is 0.435. The number of unbranched alkanes of at least 4 members (excludes halogenated alkanes) is 1. The van der Waals surface area contributed by atoms with E-state index >= 15 is 0 Å². The molecule has 0 spiro atoms. The van der Waals surface area contributed by atoms with Crippen LogP contribution in [0.5, 0.6) is 11.5 Å². The predicted molar refractivity (Wildman–Crippen MR) is 115 cm³/mol. The molecular weight excluding hydrogens is 352 g/mol. The molecule has 2 aromatic rings. The van der Waals surface area contributed by atoms with Gasteiger partial charge in [-0.1, -0.05) is 27.2 Å². The summed E-state index contributed by atoms with van der Waals surface area (Å²) in [6.07, 6.45) is 3.18. The molecule has 0 saturated heterocycles. The number of ether oxygens (including phenoxy) is 2. The summed E-state index contributed by atoms with van der Waals surface area (Å²) in [5, 5.41) is 5.99. The lowest BCUT2D eigenvalue weighted by Crippen LogP contribution is -2.21. The van der Waals surface area contributed by atoms with Crippen LogP contribution in [0, 0.1) is 5.92 Å². The van der Waals surface area contributed by atoms with Gasteiger partial charge in [0, 0.05) is 11.4 Å². The van der Waals surface area contributed by atoms with Crippen molar-refractivity contribution >= 4 is 17.3 Å². The Morgan fingerprint density at radius 3 is 2.04 bits per heavy atom. The summed E-state index contributed by atoms with van der Waals surface area (Å²) in [5.41, 5.74) is 1.63. The lowest BCUT2D eigenvalue weighted by Gasteiger charge is -2.11. The monoisotopic (exact) mass is 384 g/mol. The Morgan fingerprint density at radius 2 is 1.46 bits per heavy atom. The van der Waals surface area contributed by atoms with Gasteiger partial charge in [0.15, 0.2) is 0 Å². The van der Waals surface area contributed by atoms with E-state index in [-0.39, 0.29) is 12.5 Å². The van der Waals surface area contributed by atoms with Gasteiger partial charge >= 0.3 is 0 Å². The summed E-state index contributed by atoms with van der Waals surface area (Å²) in [6, 6.07) is 15.1. The second-order valence-electron chi connectivity index (χ2n) is 7.18. The number of hydrogen-bond donors (Lipinski definition) is 2. The van der Waals surface area contributed by atoms with E-state index in [0.29, 0.717) is 12.5 Å². The van der Waals surface area contributed by atoms with E-state index in [1.54, 1.807) is 0 Å². The summed E-state index contributed by atoms with van der Waals surface area (Å²) in [4.78, 5) is 12.1. The molecule has 1 amide bonds. The third kappa shape index (κ3) is 8.33. The number of amides is 1. The van der Waals surface area contributed by atoms with Gasteiger partial charge in [0.2, 0.25) is 5.91 Å². The van der Waals surface area contributed by atoms with Crippen LogP contribution in [0.2, 0.25) is 0 Å². The van der Waals surface area contributed by atoms with E-state index in [1.807, 2.05) is 48.5 Å². The Morgan fingerprint density at radius 1 is 0.893 bits per heavy atom. The molecule has 0 radical (unpaired) electrons. The van der Waals surface area contributed by atoms with Crippen molar-refractivity contribution in [3.05, 3.63) is 48.5 Å². The van der Waals surface area contributed by atoms with Crippen LogP contribution in [-0.2, 0) is 4.79 Å². The van der Waals surface area contributed by atoms with Crippen LogP contribution in [-0.4, -0.2) is 25.7 Å². The molecule has 0 bridgehead atoms. The third-order valence-corrected chi connectivity index (χ3v) is 4.18. The predicted octanol–water partition coefficient (Wildman–Crippen LogP) is 5.34. The fourth-order valence-corrected chi connectivity index (χ4v) is 2.44. The average molecular weight is 385 g/mol. The zero-order valence-corrected chi connectivity index (χ0v) is 17.2. The lowest BCUT2D eigenvalue weighted by atomic mass is 10.1. The van der Waals surface area contributed by atoms with Crippen LogP contribution < -0.4 is 20.1 Å². The van der Waals surface area contributed by atoms with Gasteiger partial charge in [-0.3, -0.25) is 4.79 Å². The van der Waals surface area contributed by atoms with Crippen LogP contribution in [0.25, 0.3) is 0 Å². The van der Waals surface area contributed by atoms with Crippen molar-refractivity contribution < 1.29 is 14.3 Å². The molecular formula is C23H32N2O3. The van der Waals surface area contributed by atoms with Gasteiger partial charge in [0.1, 0.15) is 11.5 Å². The van der Waals surface area contributed by atoms with Crippen LogP contribution in [0.15, 0.2) is 48.5 Å². The molecule has 28 heavy (non-hydrogen) atoms. The van der Waals surface area contributed by atoms with Crippen molar-refractivity contribution in [2.45, 2.75) is 40.0 Å². The number of carbonyl (C=O) groups is 1. The smallest absolute Gasteiger partial charge is 0.243 e. The first-order valence-electron chi connectivity index (χ1n) is 10.1. The SMILES string of the molecule is CCCCOc1ccc(NCC(=O)Nc2ccc(OCCC(C)C)cc2)cc1. The average Bonchev–Trinajstić information content (AvgIpc) is 2.69. The molecule has 0 heterocycles. The van der Waals surface area contributed by atoms with Crippen molar-refractivity contribution in [1.29, 1.82) is 0 Å². The van der Waals surface area contributed by atoms with Crippen molar-refractivity contribution in [3.8, 4) is 11.5 Å². The van der Waals surface area contributed by atoms with E-state index < -0.39 is 0 Å². The van der Waals surface area contributed by atoms with Gasteiger partial charge in [-0.05, 0) is 67.3 Å². The van der Waals surface area contributed by atoms with Gasteiger partial charge in [-0.15, -0.1) is 0 Å². The molecule has 0 atom stereocenters. The van der Waals surface area contributed by atoms with Crippen LogP contribution >= 0.6 is 0 Å². The minimum absolute atomic E-state index is 0.100. The Bertz CT molecular complexity index is 697. The van der Waals surface area contributed by atoms with Gasteiger partial charge in [-0.25, -0.2) is 0 Å². The van der Waals surface area contributed by atoms with E-state index in [0.717, 1.165) is 48.7 Å². The topological polar surface area (TPSA) is 59.6 Å². The van der Waals surface area contributed by atoms with Crippen molar-refractivity contribution in [2.75, 3.05) is 30.4 Å². The van der Waals surface area contributed by atoms with E-state index in [9.17, 15) is 4.79 Å². The number of carbonyl (C=O) groups excluding carboxylic acids is 1. The molecule has 2 aromatic carbocycles. The van der Waals surface area contributed by atoms with E-state index in [4.69, 9.17) is 9.47 Å². The maximum Gasteiger partial charge on any atom is 0.243 e. The van der Waals surface area contributed by atoms with Gasteiger partial charge in [0.25, 0.3) is 0 Å². The molecule has 5 nitrogen and oxygen atoms in total. The Balaban J connectivity index is 1.71. The number of rotatable bonds is 12. The zero-order chi connectivity index (χ0) is 20.2. The highest BCUT2D eigenvalue weighted by Gasteiger charge is 2.04. The number of hydrogen-bond acceptors (Lipinski definition) is 4. The highest BCUT2D eigenvalue weighted by molar-refractivity contribution is 5.93. The standard InChI is InChI=1S/C23H32N2O3/c1-4-5-15-27-21-10-6-19(7-11-21)24-17-23(26)25-20-8-12-22(13-9-20)28-16-14-18(2)3/h6-13,18,24H,4-5,14-17H2,1-3H3,(H,25,26). The van der Waals surface area contributed by atoms with Gasteiger partial charge < -0.3 is 20.1 Å². The molecule has 0 aliphatic carbocycles. The first kappa shape index (κ1) is 21.6. The number of nitrogens with one attached hydrogen (secondary N) is 2. The van der Waals surface area contributed by atoms with Crippen molar-refractivity contribution in [1.82, 2.24) is 0 Å². The van der Waals surface area contributed by atoms with Gasteiger partial charge in [-0.2, -0.15) is 0 Å². The molecule has 0 fully saturated rings. The molecule has 0 saturated carbocycles. The van der Waals surface area contributed by atoms with Crippen molar-refractivity contribution in [3.63, 3.8) is 0 Å². The highest BCUT2D eigenvalue weighted by atomic mass is 16.5. The van der Waals surface area contributed by atoms with E-state index in [2.05, 4.69) is 31.4 Å². The van der Waals surface area contributed by atoms with Crippen LogP contribution in [0.3, 0.4) is 0 Å². The summed E-state index contributed by atoms with van der Waals surface area (Å²) in [7, 11) is 0. The highest BCUT2D eigenvalue weighted by Crippen LogP contribution is 2.17. The molecule has 0 aromatic heterocycles. The molecule has 152 valence electrons. The lowest BCUT2D eigenvalue weighted by molar-refractivity contribution is -0.114. The molecule has 2 N–H and O–H groups in total. The minimum atomic E-state index is -0.100. The fourth-order valence-electron chi connectivity index (χ4n) is 2.44. The third-order valence-electron chi connectivity index (χ3n) is 4.18. The summed E-state index contributed by atoms with van der Waals surface area (Å²) in [5.74, 6) is 2.18. The quantitative estimate of drug-likeness (QED) is 0.485. The molecule has 2 rings (SSSR count). The summed E-state index contributed by atoms with van der Waals surface area (Å²) in [6.45, 7) is 8.11. The normalized spacial score (nSPS) is 10.6. The molecule has 5 heteroatoms. The first-order valence-corrected chi connectivity index (χ1v) is 10.1. The Labute approximate surface area is 168 Å². The largest absolute Gasteiger partial charge is 0.494 e. The zero-order valence-electron chi connectivity index (χ0n) is 17.2. The molecule has 0 aliphatic rings. The molecule has 0 unspecified atom stereocenters. The summed E-state index contributed by atoms with van der Waals surface area (Å²) >= 11 is 0. The second-order valence-corrected chi connectivity index (χ2v) is 7.18. The first-order chi connectivity index (χ1) is 13.6. The second kappa shape index (κ2) is 11.9. The molecule has 0 aliphatic heterocycles. The number of anilines is 2. The maximum absolute atomic E-state index is 12.1. The maximum atomic E-state index is 12.1. The Kier molecular flexibility index (Phi) is 9.19. The minimum Gasteiger partial charge on any atom is -0.494 e. The van der Waals surface area contributed by atoms with Crippen LogP contribution in [0.1, 0.15) is 40.0 Å². The summed E-state index contributed by atoms with van der Waals surface area (Å²) < 4.78 is 11.3. The van der Waals surface area contributed by atoms with Crippen molar-refractivity contribution in [2.24, 2.45) is 5.92 Å². The van der Waals surface area contributed by atoms with E-state index in [1.165, 1.54) is 0 Å². The number of benzene rings is 2. The van der Waals surface area contributed by atoms with Gasteiger partial charge in [0.05, 0.1) is 19.8 Å².